The normalized spacial score (nSPS) is 12.3. The van der Waals surface area contributed by atoms with E-state index in [4.69, 9.17) is 4.74 Å². The third-order valence-electron chi connectivity index (χ3n) is 2.32. The van der Waals surface area contributed by atoms with Crippen LogP contribution in [0.25, 0.3) is 0 Å². The van der Waals surface area contributed by atoms with Gasteiger partial charge in [-0.3, -0.25) is 4.79 Å². The van der Waals surface area contributed by atoms with Crippen LogP contribution in [-0.2, 0) is 0 Å². The summed E-state index contributed by atoms with van der Waals surface area (Å²) in [5.41, 5.74) is 0.660. The lowest BCUT2D eigenvalue weighted by molar-refractivity contribution is 0.0953. The van der Waals surface area contributed by atoms with E-state index in [-0.39, 0.29) is 12.0 Å². The van der Waals surface area contributed by atoms with Crippen molar-refractivity contribution in [1.29, 1.82) is 0 Å². The number of benzene rings is 1. The highest BCUT2D eigenvalue weighted by Crippen LogP contribution is 2.13. The molecule has 0 aliphatic carbocycles. The second-order valence-electron chi connectivity index (χ2n) is 4.52. The van der Waals surface area contributed by atoms with Crippen LogP contribution in [0.4, 0.5) is 0 Å². The van der Waals surface area contributed by atoms with Crippen molar-refractivity contribution >= 4 is 21.8 Å². The molecule has 0 aromatic heterocycles. The van der Waals surface area contributed by atoms with Gasteiger partial charge in [-0.1, -0.05) is 22.9 Å². The Morgan fingerprint density at radius 2 is 1.89 bits per heavy atom. The van der Waals surface area contributed by atoms with Crippen molar-refractivity contribution in [3.63, 3.8) is 0 Å². The van der Waals surface area contributed by atoms with Gasteiger partial charge in [-0.25, -0.2) is 0 Å². The van der Waals surface area contributed by atoms with Gasteiger partial charge in [0.05, 0.1) is 6.10 Å². The maximum Gasteiger partial charge on any atom is 0.251 e. The van der Waals surface area contributed by atoms with Crippen molar-refractivity contribution in [2.75, 3.05) is 6.54 Å². The second kappa shape index (κ2) is 7.41. The molecular weight excluding hydrogens is 294 g/mol. The van der Waals surface area contributed by atoms with Gasteiger partial charge >= 0.3 is 0 Å². The summed E-state index contributed by atoms with van der Waals surface area (Å²) in [6.45, 7) is 6.68. The minimum absolute atomic E-state index is 0.0424. The smallest absolute Gasteiger partial charge is 0.251 e. The minimum atomic E-state index is -0.0424. The summed E-state index contributed by atoms with van der Waals surface area (Å²) in [6, 6.07) is 7.21. The van der Waals surface area contributed by atoms with E-state index in [9.17, 15) is 4.79 Å². The Morgan fingerprint density at radius 3 is 2.39 bits per heavy atom. The molecule has 1 aromatic rings. The number of hydrogen-bond acceptors (Lipinski definition) is 2. The molecule has 0 saturated heterocycles. The number of alkyl halides is 1. The van der Waals surface area contributed by atoms with E-state index in [0.29, 0.717) is 16.9 Å². The standard InChI is InChI=1S/C14H20BrNO2/c1-10(2)18-13-6-4-12(5-7-13)14(17)16-9-8-11(3)15/h4-7,10-11H,8-9H2,1-3H3,(H,16,17). The Morgan fingerprint density at radius 1 is 1.28 bits per heavy atom. The Labute approximate surface area is 117 Å². The van der Waals surface area contributed by atoms with E-state index >= 15 is 0 Å². The van der Waals surface area contributed by atoms with Crippen molar-refractivity contribution in [3.8, 4) is 5.75 Å². The zero-order chi connectivity index (χ0) is 13.5. The molecule has 18 heavy (non-hydrogen) atoms. The van der Waals surface area contributed by atoms with Crippen LogP contribution in [0.1, 0.15) is 37.6 Å². The molecule has 1 amide bonds. The minimum Gasteiger partial charge on any atom is -0.491 e. The number of amides is 1. The monoisotopic (exact) mass is 313 g/mol. The van der Waals surface area contributed by atoms with E-state index in [1.807, 2.05) is 26.0 Å². The number of ether oxygens (including phenoxy) is 1. The molecule has 0 aliphatic rings. The number of hydrogen-bond donors (Lipinski definition) is 1. The summed E-state index contributed by atoms with van der Waals surface area (Å²) in [5.74, 6) is 0.745. The van der Waals surface area contributed by atoms with Crippen LogP contribution in [0, 0.1) is 0 Å². The fourth-order valence-corrected chi connectivity index (χ4v) is 1.67. The Balaban J connectivity index is 2.48. The van der Waals surface area contributed by atoms with Crippen molar-refractivity contribution in [2.24, 2.45) is 0 Å². The quantitative estimate of drug-likeness (QED) is 0.818. The predicted molar refractivity (Wildman–Crippen MR) is 77.5 cm³/mol. The molecule has 4 heteroatoms. The van der Waals surface area contributed by atoms with Crippen LogP contribution in [0.15, 0.2) is 24.3 Å². The first-order valence-electron chi connectivity index (χ1n) is 6.18. The molecule has 0 aliphatic heterocycles. The van der Waals surface area contributed by atoms with E-state index in [1.165, 1.54) is 0 Å². The fourth-order valence-electron chi connectivity index (χ4n) is 1.44. The van der Waals surface area contributed by atoms with Gasteiger partial charge in [-0.05, 0) is 44.5 Å². The van der Waals surface area contributed by atoms with E-state index in [1.54, 1.807) is 12.1 Å². The lowest BCUT2D eigenvalue weighted by Gasteiger charge is -2.10. The SMILES string of the molecule is CC(Br)CCNC(=O)c1ccc(OC(C)C)cc1. The lowest BCUT2D eigenvalue weighted by atomic mass is 10.2. The summed E-state index contributed by atoms with van der Waals surface area (Å²) in [6.07, 6.45) is 1.06. The topological polar surface area (TPSA) is 38.3 Å². The van der Waals surface area contributed by atoms with Gasteiger partial charge in [0.1, 0.15) is 5.75 Å². The molecule has 1 atom stereocenters. The van der Waals surface area contributed by atoms with Crippen LogP contribution in [0.3, 0.4) is 0 Å². The van der Waals surface area contributed by atoms with Crippen LogP contribution in [0.5, 0.6) is 5.75 Å². The molecule has 0 radical (unpaired) electrons. The zero-order valence-electron chi connectivity index (χ0n) is 11.1. The first-order chi connectivity index (χ1) is 8.49. The maximum absolute atomic E-state index is 11.8. The van der Waals surface area contributed by atoms with Gasteiger partial charge in [0.15, 0.2) is 0 Å². The van der Waals surface area contributed by atoms with Crippen molar-refractivity contribution in [2.45, 2.75) is 38.1 Å². The molecule has 100 valence electrons. The molecule has 0 spiro atoms. The third-order valence-corrected chi connectivity index (χ3v) is 2.77. The number of carbonyl (C=O) groups excluding carboxylic acids is 1. The Hall–Kier alpha value is -1.03. The van der Waals surface area contributed by atoms with Crippen LogP contribution in [0.2, 0.25) is 0 Å². The number of nitrogens with one attached hydrogen (secondary N) is 1. The molecular formula is C14H20BrNO2. The van der Waals surface area contributed by atoms with Crippen LogP contribution < -0.4 is 10.1 Å². The molecule has 0 fully saturated rings. The van der Waals surface area contributed by atoms with E-state index in [2.05, 4.69) is 28.2 Å². The number of halogens is 1. The highest BCUT2D eigenvalue weighted by molar-refractivity contribution is 9.09. The molecule has 1 unspecified atom stereocenters. The lowest BCUT2D eigenvalue weighted by Crippen LogP contribution is -2.25. The summed E-state index contributed by atoms with van der Waals surface area (Å²) in [5, 5.41) is 2.88. The highest BCUT2D eigenvalue weighted by Gasteiger charge is 2.06. The molecule has 1 rings (SSSR count). The molecule has 1 N–H and O–H groups in total. The second-order valence-corrected chi connectivity index (χ2v) is 6.08. The van der Waals surface area contributed by atoms with Gasteiger partial charge in [-0.15, -0.1) is 0 Å². The zero-order valence-corrected chi connectivity index (χ0v) is 12.7. The summed E-state index contributed by atoms with van der Waals surface area (Å²) in [7, 11) is 0. The molecule has 0 bridgehead atoms. The number of carbonyl (C=O) groups is 1. The third kappa shape index (κ3) is 5.54. The Bertz CT molecular complexity index is 374. The fraction of sp³-hybridized carbons (Fsp3) is 0.500. The largest absolute Gasteiger partial charge is 0.491 e. The number of rotatable bonds is 6. The first kappa shape index (κ1) is 15.0. The summed E-state index contributed by atoms with van der Waals surface area (Å²) < 4.78 is 5.52. The van der Waals surface area contributed by atoms with Gasteiger partial charge in [0.2, 0.25) is 0 Å². The average Bonchev–Trinajstić information content (AvgIpc) is 2.28. The van der Waals surface area contributed by atoms with Crippen LogP contribution >= 0.6 is 15.9 Å². The van der Waals surface area contributed by atoms with Gasteiger partial charge < -0.3 is 10.1 Å². The molecule has 1 aromatic carbocycles. The van der Waals surface area contributed by atoms with E-state index < -0.39 is 0 Å². The first-order valence-corrected chi connectivity index (χ1v) is 7.09. The molecule has 3 nitrogen and oxygen atoms in total. The summed E-state index contributed by atoms with van der Waals surface area (Å²) in [4.78, 5) is 12.2. The molecule has 0 heterocycles. The summed E-state index contributed by atoms with van der Waals surface area (Å²) >= 11 is 3.45. The maximum atomic E-state index is 11.8. The van der Waals surface area contributed by atoms with E-state index in [0.717, 1.165) is 12.2 Å². The van der Waals surface area contributed by atoms with Crippen molar-refractivity contribution in [1.82, 2.24) is 5.32 Å². The highest BCUT2D eigenvalue weighted by atomic mass is 79.9. The van der Waals surface area contributed by atoms with Gasteiger partial charge in [-0.2, -0.15) is 0 Å². The predicted octanol–water partition coefficient (Wildman–Crippen LogP) is 3.38. The van der Waals surface area contributed by atoms with Crippen molar-refractivity contribution < 1.29 is 9.53 Å². The Kier molecular flexibility index (Phi) is 6.19. The average molecular weight is 314 g/mol. The van der Waals surface area contributed by atoms with Gasteiger partial charge in [0, 0.05) is 16.9 Å². The van der Waals surface area contributed by atoms with Crippen molar-refractivity contribution in [3.05, 3.63) is 29.8 Å². The molecule has 0 saturated carbocycles. The van der Waals surface area contributed by atoms with Crippen LogP contribution in [-0.4, -0.2) is 23.4 Å². The van der Waals surface area contributed by atoms with Gasteiger partial charge in [0.25, 0.3) is 5.91 Å².